The molecule has 1 aliphatic carbocycles. The van der Waals surface area contributed by atoms with Crippen molar-refractivity contribution in [2.75, 3.05) is 5.73 Å². The Morgan fingerprint density at radius 2 is 1.94 bits per heavy atom. The number of nitrogens with zero attached hydrogens (tertiary/aromatic N) is 1. The summed E-state index contributed by atoms with van der Waals surface area (Å²) in [6.45, 7) is 0. The topological polar surface area (TPSA) is 38.9 Å². The first-order valence-corrected chi connectivity index (χ1v) is 7.17. The van der Waals surface area contributed by atoms with E-state index in [2.05, 4.69) is 35.3 Å². The van der Waals surface area contributed by atoms with Crippen LogP contribution in [0.3, 0.4) is 0 Å². The molecule has 1 aromatic heterocycles. The van der Waals surface area contributed by atoms with Crippen LogP contribution in [0.25, 0.3) is 16.0 Å². The summed E-state index contributed by atoms with van der Waals surface area (Å²) in [4.78, 5) is 5.75. The molecule has 1 aromatic carbocycles. The fraction of sp³-hybridized carbons (Fsp3) is 0.267. The second-order valence-electron chi connectivity index (χ2n) is 4.57. The summed E-state index contributed by atoms with van der Waals surface area (Å²) >= 11 is 1.59. The molecule has 0 radical (unpaired) electrons. The van der Waals surface area contributed by atoms with Gasteiger partial charge in [0.15, 0.2) is 5.13 Å². The Morgan fingerprint density at radius 3 is 2.67 bits per heavy atom. The van der Waals surface area contributed by atoms with Gasteiger partial charge in [-0.3, -0.25) is 0 Å². The van der Waals surface area contributed by atoms with Gasteiger partial charge in [-0.15, -0.1) is 0 Å². The van der Waals surface area contributed by atoms with Crippen molar-refractivity contribution in [3.05, 3.63) is 42.1 Å². The van der Waals surface area contributed by atoms with E-state index in [0.29, 0.717) is 5.13 Å². The number of thiazole rings is 1. The van der Waals surface area contributed by atoms with Crippen LogP contribution in [0.5, 0.6) is 0 Å². The van der Waals surface area contributed by atoms with Gasteiger partial charge in [-0.1, -0.05) is 47.7 Å². The van der Waals surface area contributed by atoms with Crippen molar-refractivity contribution in [2.45, 2.75) is 25.7 Å². The predicted molar refractivity (Wildman–Crippen MR) is 78.4 cm³/mol. The van der Waals surface area contributed by atoms with E-state index in [-0.39, 0.29) is 0 Å². The molecule has 2 nitrogen and oxygen atoms in total. The highest BCUT2D eigenvalue weighted by Crippen LogP contribution is 2.38. The summed E-state index contributed by atoms with van der Waals surface area (Å²) in [6.07, 6.45) is 7.18. The summed E-state index contributed by atoms with van der Waals surface area (Å²) < 4.78 is 0. The summed E-state index contributed by atoms with van der Waals surface area (Å²) in [5.41, 5.74) is 9.59. The van der Waals surface area contributed by atoms with Gasteiger partial charge in [0.2, 0.25) is 0 Å². The van der Waals surface area contributed by atoms with Crippen LogP contribution in [0.2, 0.25) is 0 Å². The van der Waals surface area contributed by atoms with Crippen LogP contribution in [0.4, 0.5) is 5.13 Å². The molecule has 0 atom stereocenters. The van der Waals surface area contributed by atoms with Crippen LogP contribution in [-0.2, 0) is 0 Å². The van der Waals surface area contributed by atoms with Crippen molar-refractivity contribution >= 4 is 22.0 Å². The molecule has 2 aromatic rings. The maximum atomic E-state index is 5.90. The molecular formula is C15H16N2S. The highest BCUT2D eigenvalue weighted by atomic mass is 32.1. The molecule has 0 fully saturated rings. The number of rotatable bonds is 2. The lowest BCUT2D eigenvalue weighted by Gasteiger charge is -2.12. The van der Waals surface area contributed by atoms with Gasteiger partial charge in [-0.2, -0.15) is 0 Å². The third kappa shape index (κ3) is 2.18. The van der Waals surface area contributed by atoms with Gasteiger partial charge in [-0.05, 0) is 36.8 Å². The Hall–Kier alpha value is -1.61. The van der Waals surface area contributed by atoms with E-state index in [1.165, 1.54) is 35.3 Å². The molecule has 0 aliphatic heterocycles. The zero-order valence-corrected chi connectivity index (χ0v) is 11.0. The molecule has 0 spiro atoms. The molecule has 1 aliphatic rings. The van der Waals surface area contributed by atoms with Crippen LogP contribution in [0.1, 0.15) is 31.4 Å². The van der Waals surface area contributed by atoms with E-state index in [1.807, 2.05) is 6.07 Å². The lowest BCUT2D eigenvalue weighted by atomic mass is 9.95. The molecule has 2 N–H and O–H groups in total. The minimum Gasteiger partial charge on any atom is -0.375 e. The molecule has 92 valence electrons. The van der Waals surface area contributed by atoms with Gasteiger partial charge in [-0.25, -0.2) is 4.98 Å². The van der Waals surface area contributed by atoms with Gasteiger partial charge in [0, 0.05) is 0 Å². The average Bonchev–Trinajstić information content (AvgIpc) is 2.83. The summed E-state index contributed by atoms with van der Waals surface area (Å²) in [6, 6.07) is 10.4. The molecule has 0 saturated carbocycles. The zero-order chi connectivity index (χ0) is 12.4. The molecule has 3 heteroatoms. The SMILES string of the molecule is Nc1nc(C2=CCCCC2)c(-c2ccccc2)s1. The zero-order valence-electron chi connectivity index (χ0n) is 10.2. The number of hydrogen-bond donors (Lipinski definition) is 1. The fourth-order valence-electron chi connectivity index (χ4n) is 2.39. The molecule has 0 bridgehead atoms. The number of allylic oxidation sites excluding steroid dienone is 2. The minimum atomic E-state index is 0.662. The smallest absolute Gasteiger partial charge is 0.181 e. The van der Waals surface area contributed by atoms with E-state index in [0.717, 1.165) is 12.1 Å². The van der Waals surface area contributed by atoms with Gasteiger partial charge in [0.25, 0.3) is 0 Å². The first-order valence-electron chi connectivity index (χ1n) is 6.36. The first kappa shape index (κ1) is 11.5. The van der Waals surface area contributed by atoms with Crippen molar-refractivity contribution < 1.29 is 0 Å². The van der Waals surface area contributed by atoms with Crippen molar-refractivity contribution in [2.24, 2.45) is 0 Å². The Bertz CT molecular complexity index is 569. The fourth-order valence-corrected chi connectivity index (χ4v) is 3.27. The van der Waals surface area contributed by atoms with Crippen LogP contribution < -0.4 is 5.73 Å². The Labute approximate surface area is 111 Å². The Balaban J connectivity index is 2.08. The van der Waals surface area contributed by atoms with Gasteiger partial charge >= 0.3 is 0 Å². The van der Waals surface area contributed by atoms with Gasteiger partial charge < -0.3 is 5.73 Å². The highest BCUT2D eigenvalue weighted by Gasteiger charge is 2.16. The largest absolute Gasteiger partial charge is 0.375 e. The van der Waals surface area contributed by atoms with Gasteiger partial charge in [0.05, 0.1) is 10.6 Å². The number of hydrogen-bond acceptors (Lipinski definition) is 3. The Kier molecular flexibility index (Phi) is 3.15. The van der Waals surface area contributed by atoms with Crippen molar-refractivity contribution in [1.82, 2.24) is 4.98 Å². The van der Waals surface area contributed by atoms with E-state index >= 15 is 0 Å². The molecular weight excluding hydrogens is 240 g/mol. The standard InChI is InChI=1S/C15H16N2S/c16-15-17-13(11-7-3-1-4-8-11)14(18-15)12-9-5-2-6-10-12/h2,5-7,9-10H,1,3-4,8H2,(H2,16,17). The lowest BCUT2D eigenvalue weighted by molar-refractivity contribution is 0.740. The van der Waals surface area contributed by atoms with Crippen LogP contribution >= 0.6 is 11.3 Å². The first-order chi connectivity index (χ1) is 8.84. The quantitative estimate of drug-likeness (QED) is 0.867. The number of aromatic nitrogens is 1. The van der Waals surface area contributed by atoms with E-state index in [9.17, 15) is 0 Å². The normalized spacial score (nSPS) is 15.4. The molecule has 18 heavy (non-hydrogen) atoms. The van der Waals surface area contributed by atoms with E-state index < -0.39 is 0 Å². The third-order valence-electron chi connectivity index (χ3n) is 3.27. The van der Waals surface area contributed by atoms with E-state index in [1.54, 1.807) is 11.3 Å². The third-order valence-corrected chi connectivity index (χ3v) is 4.21. The van der Waals surface area contributed by atoms with E-state index in [4.69, 9.17) is 5.73 Å². The molecule has 0 saturated heterocycles. The van der Waals surface area contributed by atoms with Crippen molar-refractivity contribution in [3.8, 4) is 10.4 Å². The summed E-state index contributed by atoms with van der Waals surface area (Å²) in [5.74, 6) is 0. The summed E-state index contributed by atoms with van der Waals surface area (Å²) in [7, 11) is 0. The number of benzene rings is 1. The highest BCUT2D eigenvalue weighted by molar-refractivity contribution is 7.19. The second-order valence-corrected chi connectivity index (χ2v) is 5.60. The van der Waals surface area contributed by atoms with Crippen molar-refractivity contribution in [3.63, 3.8) is 0 Å². The maximum absolute atomic E-state index is 5.90. The van der Waals surface area contributed by atoms with Crippen LogP contribution in [0, 0.1) is 0 Å². The molecule has 1 heterocycles. The molecule has 3 rings (SSSR count). The maximum Gasteiger partial charge on any atom is 0.181 e. The van der Waals surface area contributed by atoms with Gasteiger partial charge in [0.1, 0.15) is 0 Å². The van der Waals surface area contributed by atoms with Crippen LogP contribution in [0.15, 0.2) is 36.4 Å². The summed E-state index contributed by atoms with van der Waals surface area (Å²) in [5, 5.41) is 0.662. The number of nitrogen functional groups attached to an aromatic ring is 1. The predicted octanol–water partition coefficient (Wildman–Crippen LogP) is 4.35. The monoisotopic (exact) mass is 256 g/mol. The lowest BCUT2D eigenvalue weighted by Crippen LogP contribution is -1.94. The Morgan fingerprint density at radius 1 is 1.11 bits per heavy atom. The molecule has 0 amide bonds. The minimum absolute atomic E-state index is 0.662. The van der Waals surface area contributed by atoms with Crippen molar-refractivity contribution in [1.29, 1.82) is 0 Å². The molecule has 0 unspecified atom stereocenters. The number of nitrogens with two attached hydrogens (primary N) is 1. The van der Waals surface area contributed by atoms with Crippen LogP contribution in [-0.4, -0.2) is 4.98 Å². The number of anilines is 1. The average molecular weight is 256 g/mol. The second kappa shape index (κ2) is 4.94.